The normalized spacial score (nSPS) is 18.6. The second kappa shape index (κ2) is 11.6. The average Bonchev–Trinajstić information content (AvgIpc) is 3.62. The van der Waals surface area contributed by atoms with Crippen molar-refractivity contribution in [1.82, 2.24) is 19.4 Å². The fraction of sp³-hybridized carbons (Fsp3) is 0.242. The highest BCUT2D eigenvalue weighted by atomic mass is 19.1. The zero-order valence-corrected chi connectivity index (χ0v) is 24.2. The summed E-state index contributed by atoms with van der Waals surface area (Å²) in [5.41, 5.74) is 3.23. The fourth-order valence-corrected chi connectivity index (χ4v) is 5.51. The lowest BCUT2D eigenvalue weighted by Gasteiger charge is -2.41. The summed E-state index contributed by atoms with van der Waals surface area (Å²) >= 11 is 0. The highest BCUT2D eigenvalue weighted by Crippen LogP contribution is 2.41. The maximum absolute atomic E-state index is 14.0. The fourth-order valence-electron chi connectivity index (χ4n) is 5.51. The minimum Gasteiger partial charge on any atom is -0.495 e. The Labute approximate surface area is 249 Å². The van der Waals surface area contributed by atoms with E-state index in [1.54, 1.807) is 56.9 Å². The number of methoxy groups -OCH3 is 1. The second-order valence-electron chi connectivity index (χ2n) is 10.6. The predicted molar refractivity (Wildman–Crippen MR) is 160 cm³/mol. The molecular weight excluding hydrogens is 549 g/mol. The Bertz CT molecular complexity index is 1690. The molecule has 1 fully saturated rings. The molecule has 9 nitrogen and oxygen atoms in total. The molecular formula is C33H32FN5O4. The van der Waals surface area contributed by atoms with E-state index in [0.717, 1.165) is 35.4 Å². The number of nitrogens with zero attached hydrogens (tertiary/aromatic N) is 5. The Morgan fingerprint density at radius 1 is 1.14 bits per heavy atom. The SMILES string of the molecule is COc1cc(C=C2CCCN3C2=NO[C@]3(CN(C)C(=O)Oc2ccccc2)c2ccc(F)cc2)ccc1-n1cnc(C)c1. The number of aryl methyl sites for hydroxylation is 1. The molecule has 0 aliphatic carbocycles. The molecule has 43 heavy (non-hydrogen) atoms. The molecule has 0 unspecified atom stereocenters. The molecule has 1 atom stereocenters. The number of oxime groups is 1. The number of hydrogen-bond donors (Lipinski definition) is 0. The van der Waals surface area contributed by atoms with Gasteiger partial charge in [0.05, 0.1) is 31.4 Å². The first-order valence-corrected chi connectivity index (χ1v) is 14.0. The number of amides is 1. The van der Waals surface area contributed by atoms with Gasteiger partial charge in [0.25, 0.3) is 5.72 Å². The molecule has 4 aromatic rings. The molecule has 0 saturated carbocycles. The van der Waals surface area contributed by atoms with Crippen LogP contribution >= 0.6 is 0 Å². The number of piperidine rings is 1. The summed E-state index contributed by atoms with van der Waals surface area (Å²) in [7, 11) is 3.29. The Kier molecular flexibility index (Phi) is 7.58. The maximum Gasteiger partial charge on any atom is 0.415 e. The molecule has 1 amide bonds. The number of imidazole rings is 1. The van der Waals surface area contributed by atoms with Gasteiger partial charge in [0.1, 0.15) is 17.3 Å². The van der Waals surface area contributed by atoms with E-state index in [1.165, 1.54) is 17.0 Å². The first kappa shape index (κ1) is 28.0. The van der Waals surface area contributed by atoms with E-state index in [2.05, 4.69) is 21.1 Å². The quantitative estimate of drug-likeness (QED) is 0.261. The largest absolute Gasteiger partial charge is 0.495 e. The van der Waals surface area contributed by atoms with E-state index < -0.39 is 11.8 Å². The van der Waals surface area contributed by atoms with Gasteiger partial charge < -0.3 is 28.7 Å². The van der Waals surface area contributed by atoms with Crippen LogP contribution in [0, 0.1) is 12.7 Å². The smallest absolute Gasteiger partial charge is 0.415 e. The van der Waals surface area contributed by atoms with Gasteiger partial charge in [-0.3, -0.25) is 0 Å². The van der Waals surface area contributed by atoms with Gasteiger partial charge in [0.15, 0.2) is 5.84 Å². The summed E-state index contributed by atoms with van der Waals surface area (Å²) in [6.07, 6.45) is 6.86. The molecule has 3 aromatic carbocycles. The predicted octanol–water partition coefficient (Wildman–Crippen LogP) is 6.14. The van der Waals surface area contributed by atoms with E-state index in [-0.39, 0.29) is 12.4 Å². The van der Waals surface area contributed by atoms with E-state index in [9.17, 15) is 9.18 Å². The number of rotatable bonds is 7. The van der Waals surface area contributed by atoms with Crippen molar-refractivity contribution in [3.63, 3.8) is 0 Å². The summed E-state index contributed by atoms with van der Waals surface area (Å²) in [6, 6.07) is 21.0. The number of aromatic nitrogens is 2. The Morgan fingerprint density at radius 3 is 2.65 bits per heavy atom. The first-order valence-electron chi connectivity index (χ1n) is 14.0. The van der Waals surface area contributed by atoms with Gasteiger partial charge in [-0.1, -0.05) is 29.4 Å². The standard InChI is InChI=1S/C33H32FN5O4/c1-23-20-38(22-35-23)29-16-11-24(19-30(29)41-3)18-25-8-7-17-39-31(25)36-43-33(39,26-12-14-27(34)15-13-26)21-37(2)32(40)42-28-9-5-4-6-10-28/h4-6,9-16,18-20,22H,7-8,17,21H2,1-3H3/t33-/m1/s1. The minimum absolute atomic E-state index is 0.0947. The lowest BCUT2D eigenvalue weighted by molar-refractivity contribution is -0.118. The molecule has 6 rings (SSSR count). The summed E-state index contributed by atoms with van der Waals surface area (Å²) in [6.45, 7) is 2.67. The molecule has 3 heterocycles. The van der Waals surface area contributed by atoms with Crippen molar-refractivity contribution in [2.75, 3.05) is 27.2 Å². The molecule has 1 saturated heterocycles. The number of carbonyl (C=O) groups excluding carboxylic acids is 1. The van der Waals surface area contributed by atoms with Crippen molar-refractivity contribution in [2.45, 2.75) is 25.5 Å². The number of para-hydroxylation sites is 1. The number of ether oxygens (including phenoxy) is 2. The second-order valence-corrected chi connectivity index (χ2v) is 10.6. The number of benzene rings is 3. The molecule has 0 radical (unpaired) electrons. The number of halogens is 1. The highest BCUT2D eigenvalue weighted by Gasteiger charge is 2.51. The van der Waals surface area contributed by atoms with Gasteiger partial charge in [0, 0.05) is 25.4 Å². The van der Waals surface area contributed by atoms with Crippen LogP contribution in [-0.2, 0) is 10.6 Å². The Balaban J connectivity index is 1.30. The van der Waals surface area contributed by atoms with Gasteiger partial charge in [-0.05, 0) is 85.5 Å². The topological polar surface area (TPSA) is 81.4 Å². The summed E-state index contributed by atoms with van der Waals surface area (Å²) in [5.74, 6) is 1.46. The zero-order valence-electron chi connectivity index (χ0n) is 24.2. The van der Waals surface area contributed by atoms with Crippen LogP contribution in [0.15, 0.2) is 96.0 Å². The third-order valence-corrected chi connectivity index (χ3v) is 7.63. The van der Waals surface area contributed by atoms with Crippen LogP contribution in [-0.4, -0.2) is 58.5 Å². The third kappa shape index (κ3) is 5.55. The van der Waals surface area contributed by atoms with Crippen LogP contribution in [0.2, 0.25) is 0 Å². The Hall–Kier alpha value is -5.12. The highest BCUT2D eigenvalue weighted by molar-refractivity contribution is 6.03. The monoisotopic (exact) mass is 581 g/mol. The van der Waals surface area contributed by atoms with Crippen molar-refractivity contribution in [3.05, 3.63) is 114 Å². The number of hydrogen-bond acceptors (Lipinski definition) is 7. The molecule has 2 aliphatic heterocycles. The van der Waals surface area contributed by atoms with Crippen molar-refractivity contribution in [3.8, 4) is 17.2 Å². The van der Waals surface area contributed by atoms with Gasteiger partial charge in [-0.2, -0.15) is 0 Å². The van der Waals surface area contributed by atoms with Gasteiger partial charge >= 0.3 is 6.09 Å². The van der Waals surface area contributed by atoms with Crippen molar-refractivity contribution in [1.29, 1.82) is 0 Å². The average molecular weight is 582 g/mol. The third-order valence-electron chi connectivity index (χ3n) is 7.63. The van der Waals surface area contributed by atoms with Gasteiger partial charge in [-0.25, -0.2) is 14.2 Å². The Morgan fingerprint density at radius 2 is 1.93 bits per heavy atom. The molecule has 220 valence electrons. The summed E-state index contributed by atoms with van der Waals surface area (Å²) in [4.78, 5) is 27.2. The van der Waals surface area contributed by atoms with E-state index in [4.69, 9.17) is 14.3 Å². The number of amidine groups is 1. The number of carbonyl (C=O) groups is 1. The van der Waals surface area contributed by atoms with Crippen LogP contribution in [0.5, 0.6) is 11.5 Å². The number of likely N-dealkylation sites (N-methyl/N-ethyl adjacent to an activating group) is 1. The minimum atomic E-state index is -1.17. The zero-order chi connectivity index (χ0) is 30.0. The molecule has 1 aromatic heterocycles. The summed E-state index contributed by atoms with van der Waals surface area (Å²) in [5, 5.41) is 4.55. The van der Waals surface area contributed by atoms with Crippen molar-refractivity contribution >= 4 is 18.0 Å². The number of fused-ring (bicyclic) bond motifs is 1. The lowest BCUT2D eigenvalue weighted by atomic mass is 9.94. The first-order chi connectivity index (χ1) is 20.9. The van der Waals surface area contributed by atoms with Crippen LogP contribution in [0.3, 0.4) is 0 Å². The molecule has 0 N–H and O–H groups in total. The molecule has 0 spiro atoms. The lowest BCUT2D eigenvalue weighted by Crippen LogP contribution is -2.55. The van der Waals surface area contributed by atoms with Gasteiger partial charge in [-0.15, -0.1) is 0 Å². The molecule has 10 heteroatoms. The van der Waals surface area contributed by atoms with Crippen LogP contribution in [0.4, 0.5) is 9.18 Å². The van der Waals surface area contributed by atoms with E-state index in [1.807, 2.05) is 42.0 Å². The maximum atomic E-state index is 14.0. The van der Waals surface area contributed by atoms with Crippen LogP contribution in [0.1, 0.15) is 29.7 Å². The molecule has 0 bridgehead atoms. The van der Waals surface area contributed by atoms with Gasteiger partial charge in [0.2, 0.25) is 0 Å². The van der Waals surface area contributed by atoms with Crippen LogP contribution in [0.25, 0.3) is 11.8 Å². The summed E-state index contributed by atoms with van der Waals surface area (Å²) < 4.78 is 27.2. The van der Waals surface area contributed by atoms with Crippen LogP contribution < -0.4 is 9.47 Å². The molecule has 2 aliphatic rings. The van der Waals surface area contributed by atoms with Crippen molar-refractivity contribution < 1.29 is 23.5 Å². The van der Waals surface area contributed by atoms with Crippen molar-refractivity contribution in [2.24, 2.45) is 5.16 Å². The van der Waals surface area contributed by atoms with E-state index in [0.29, 0.717) is 29.4 Å². The van der Waals surface area contributed by atoms with E-state index >= 15 is 0 Å².